The lowest BCUT2D eigenvalue weighted by molar-refractivity contribution is -0.141. The van der Waals surface area contributed by atoms with Gasteiger partial charge in [0.15, 0.2) is 5.12 Å². The maximum atomic E-state index is 11.5. The lowest BCUT2D eigenvalue weighted by Gasteiger charge is -2.20. The summed E-state index contributed by atoms with van der Waals surface area (Å²) >= 11 is 4.88. The SMILES string of the molecule is CC(=O)SC[C@H](NC(=O)C(C)(C)S)C(=O)O. The van der Waals surface area contributed by atoms with Crippen molar-refractivity contribution < 1.29 is 19.5 Å². The van der Waals surface area contributed by atoms with Crippen molar-refractivity contribution >= 4 is 41.4 Å². The fraction of sp³-hybridized carbons (Fsp3) is 0.667. The number of rotatable bonds is 5. The van der Waals surface area contributed by atoms with Crippen molar-refractivity contribution in [3.63, 3.8) is 0 Å². The van der Waals surface area contributed by atoms with E-state index in [-0.39, 0.29) is 10.9 Å². The molecule has 0 bridgehead atoms. The van der Waals surface area contributed by atoms with Crippen molar-refractivity contribution in [1.82, 2.24) is 5.32 Å². The summed E-state index contributed by atoms with van der Waals surface area (Å²) in [6.07, 6.45) is 0. The fourth-order valence-electron chi connectivity index (χ4n) is 0.710. The summed E-state index contributed by atoms with van der Waals surface area (Å²) < 4.78 is -0.950. The third-order valence-electron chi connectivity index (χ3n) is 1.61. The van der Waals surface area contributed by atoms with E-state index in [1.807, 2.05) is 0 Å². The molecule has 1 amide bonds. The second-order valence-electron chi connectivity index (χ2n) is 3.73. The van der Waals surface area contributed by atoms with Gasteiger partial charge in [-0.1, -0.05) is 11.8 Å². The molecule has 0 saturated heterocycles. The molecule has 0 aliphatic carbocycles. The van der Waals surface area contributed by atoms with Crippen LogP contribution in [0.5, 0.6) is 0 Å². The minimum Gasteiger partial charge on any atom is -0.480 e. The molecular formula is C9H15NO4S2. The van der Waals surface area contributed by atoms with Crippen molar-refractivity contribution in [3.8, 4) is 0 Å². The van der Waals surface area contributed by atoms with Gasteiger partial charge in [-0.3, -0.25) is 9.59 Å². The van der Waals surface area contributed by atoms with Gasteiger partial charge in [0.05, 0.1) is 4.75 Å². The summed E-state index contributed by atoms with van der Waals surface area (Å²) in [4.78, 5) is 33.0. The summed E-state index contributed by atoms with van der Waals surface area (Å²) in [5.41, 5.74) is 0. The van der Waals surface area contributed by atoms with E-state index in [1.54, 1.807) is 13.8 Å². The average molecular weight is 265 g/mol. The van der Waals surface area contributed by atoms with Crippen LogP contribution in [-0.4, -0.2) is 38.6 Å². The highest BCUT2D eigenvalue weighted by atomic mass is 32.2. The van der Waals surface area contributed by atoms with Crippen molar-refractivity contribution in [3.05, 3.63) is 0 Å². The summed E-state index contributed by atoms with van der Waals surface area (Å²) in [6, 6.07) is -1.08. The van der Waals surface area contributed by atoms with Crippen LogP contribution in [0.2, 0.25) is 0 Å². The first-order valence-corrected chi connectivity index (χ1v) is 5.97. The Morgan fingerprint density at radius 1 is 1.44 bits per heavy atom. The van der Waals surface area contributed by atoms with Gasteiger partial charge in [-0.25, -0.2) is 4.79 Å². The molecule has 0 aliphatic rings. The lowest BCUT2D eigenvalue weighted by atomic mass is 10.2. The number of amides is 1. The van der Waals surface area contributed by atoms with Gasteiger partial charge < -0.3 is 10.4 Å². The minimum atomic E-state index is -1.17. The molecule has 0 unspecified atom stereocenters. The van der Waals surface area contributed by atoms with Gasteiger partial charge in [-0.15, -0.1) is 0 Å². The molecule has 0 rings (SSSR count). The predicted octanol–water partition coefficient (Wildman–Crippen LogP) is 0.544. The van der Waals surface area contributed by atoms with Crippen molar-refractivity contribution in [2.45, 2.75) is 31.6 Å². The second-order valence-corrected chi connectivity index (χ2v) is 6.04. The summed E-state index contributed by atoms with van der Waals surface area (Å²) in [5.74, 6) is -1.63. The number of hydrogen-bond donors (Lipinski definition) is 3. The Hall–Kier alpha value is -0.690. The summed E-state index contributed by atoms with van der Waals surface area (Å²) in [6.45, 7) is 4.46. The molecule has 2 N–H and O–H groups in total. The average Bonchev–Trinajstić information content (AvgIpc) is 2.09. The van der Waals surface area contributed by atoms with Gasteiger partial charge >= 0.3 is 5.97 Å². The van der Waals surface area contributed by atoms with Crippen LogP contribution in [0.1, 0.15) is 20.8 Å². The van der Waals surface area contributed by atoms with E-state index in [4.69, 9.17) is 5.11 Å². The molecule has 0 fully saturated rings. The zero-order valence-corrected chi connectivity index (χ0v) is 11.0. The molecule has 0 radical (unpaired) electrons. The van der Waals surface area contributed by atoms with Crippen LogP contribution in [-0.2, 0) is 14.4 Å². The first-order chi connectivity index (χ1) is 7.14. The number of thiol groups is 1. The highest BCUT2D eigenvalue weighted by Gasteiger charge is 2.28. The molecule has 0 aromatic heterocycles. The van der Waals surface area contributed by atoms with E-state index in [1.165, 1.54) is 6.92 Å². The first-order valence-electron chi connectivity index (χ1n) is 4.54. The van der Waals surface area contributed by atoms with Crippen molar-refractivity contribution in [2.75, 3.05) is 5.75 Å². The molecule has 7 heteroatoms. The smallest absolute Gasteiger partial charge is 0.327 e. The van der Waals surface area contributed by atoms with E-state index in [0.29, 0.717) is 0 Å². The van der Waals surface area contributed by atoms with Crippen LogP contribution in [0.3, 0.4) is 0 Å². The van der Waals surface area contributed by atoms with E-state index in [9.17, 15) is 14.4 Å². The molecular weight excluding hydrogens is 250 g/mol. The first kappa shape index (κ1) is 15.3. The van der Waals surface area contributed by atoms with Gasteiger partial charge in [-0.2, -0.15) is 12.6 Å². The van der Waals surface area contributed by atoms with Crippen LogP contribution in [0, 0.1) is 0 Å². The number of aliphatic carboxylic acids is 1. The van der Waals surface area contributed by atoms with Crippen LogP contribution < -0.4 is 5.32 Å². The van der Waals surface area contributed by atoms with E-state index >= 15 is 0 Å². The molecule has 0 aromatic rings. The zero-order valence-electron chi connectivity index (χ0n) is 9.31. The normalized spacial score (nSPS) is 13.0. The standard InChI is InChI=1S/C9H15NO4S2/c1-5(11)16-4-6(7(12)13)10-8(14)9(2,3)15/h6,15H,4H2,1-3H3,(H,10,14)(H,12,13)/t6-/m0/s1. The molecule has 92 valence electrons. The predicted molar refractivity (Wildman–Crippen MR) is 65.8 cm³/mol. The quantitative estimate of drug-likeness (QED) is 0.632. The number of carbonyl (C=O) groups is 3. The molecule has 1 atom stereocenters. The Kier molecular flexibility index (Phi) is 5.88. The van der Waals surface area contributed by atoms with E-state index in [0.717, 1.165) is 11.8 Å². The zero-order chi connectivity index (χ0) is 12.9. The van der Waals surface area contributed by atoms with Crippen LogP contribution in [0.25, 0.3) is 0 Å². The third-order valence-corrected chi connectivity index (χ3v) is 2.72. The highest BCUT2D eigenvalue weighted by Crippen LogP contribution is 2.13. The molecule has 0 spiro atoms. The van der Waals surface area contributed by atoms with Gasteiger partial charge in [0, 0.05) is 12.7 Å². The molecule has 0 aliphatic heterocycles. The fourth-order valence-corrected chi connectivity index (χ4v) is 1.40. The number of thioether (sulfide) groups is 1. The van der Waals surface area contributed by atoms with Gasteiger partial charge in [-0.05, 0) is 13.8 Å². The van der Waals surface area contributed by atoms with Crippen LogP contribution in [0.4, 0.5) is 0 Å². The molecule has 16 heavy (non-hydrogen) atoms. The minimum absolute atomic E-state index is 0.0142. The Morgan fingerprint density at radius 3 is 2.25 bits per heavy atom. The molecule has 5 nitrogen and oxygen atoms in total. The van der Waals surface area contributed by atoms with Crippen LogP contribution in [0.15, 0.2) is 0 Å². The monoisotopic (exact) mass is 265 g/mol. The number of nitrogens with one attached hydrogen (secondary N) is 1. The number of carboxylic acids is 1. The van der Waals surface area contributed by atoms with Crippen LogP contribution >= 0.6 is 24.4 Å². The maximum absolute atomic E-state index is 11.5. The molecule has 0 heterocycles. The van der Waals surface area contributed by atoms with Crippen molar-refractivity contribution in [1.29, 1.82) is 0 Å². The lowest BCUT2D eigenvalue weighted by Crippen LogP contribution is -2.48. The number of hydrogen-bond acceptors (Lipinski definition) is 5. The molecule has 0 saturated carbocycles. The Balaban J connectivity index is 4.41. The third kappa shape index (κ3) is 6.02. The maximum Gasteiger partial charge on any atom is 0.327 e. The summed E-state index contributed by atoms with van der Waals surface area (Å²) in [5, 5.41) is 11.0. The number of carbonyl (C=O) groups excluding carboxylic acids is 2. The molecule has 0 aromatic carbocycles. The van der Waals surface area contributed by atoms with Gasteiger partial charge in [0.25, 0.3) is 0 Å². The topological polar surface area (TPSA) is 83.5 Å². The van der Waals surface area contributed by atoms with Gasteiger partial charge in [0.2, 0.25) is 5.91 Å². The highest BCUT2D eigenvalue weighted by molar-refractivity contribution is 8.13. The largest absolute Gasteiger partial charge is 0.480 e. The second kappa shape index (κ2) is 6.15. The van der Waals surface area contributed by atoms with E-state index < -0.39 is 22.7 Å². The Labute approximate surface area is 104 Å². The van der Waals surface area contributed by atoms with Gasteiger partial charge in [0.1, 0.15) is 6.04 Å². The Bertz CT molecular complexity index is 298. The Morgan fingerprint density at radius 2 is 1.94 bits per heavy atom. The van der Waals surface area contributed by atoms with E-state index in [2.05, 4.69) is 17.9 Å². The number of carboxylic acid groups (broad SMARTS) is 1. The van der Waals surface area contributed by atoms with Crippen molar-refractivity contribution in [2.24, 2.45) is 0 Å². The summed E-state index contributed by atoms with van der Waals surface area (Å²) in [7, 11) is 0.